The van der Waals surface area contributed by atoms with Gasteiger partial charge in [-0.05, 0) is 38.5 Å². The molecule has 0 heterocycles. The van der Waals surface area contributed by atoms with Crippen LogP contribution in [0, 0.1) is 5.82 Å². The van der Waals surface area contributed by atoms with Crippen LogP contribution in [0.1, 0.15) is 37.6 Å². The summed E-state index contributed by atoms with van der Waals surface area (Å²) < 4.78 is 23.7. The molecule has 17 heavy (non-hydrogen) atoms. The first-order chi connectivity index (χ1) is 8.04. The topological polar surface area (TPSA) is 35.5 Å². The quantitative estimate of drug-likeness (QED) is 0.741. The second-order valence-corrected chi connectivity index (χ2v) is 3.95. The predicted molar refractivity (Wildman–Crippen MR) is 62.7 cm³/mol. The van der Waals surface area contributed by atoms with E-state index in [-0.39, 0.29) is 17.4 Å². The van der Waals surface area contributed by atoms with Crippen LogP contribution in [-0.2, 0) is 4.74 Å². The Morgan fingerprint density at radius 2 is 2.12 bits per heavy atom. The molecule has 1 aromatic rings. The number of rotatable bonds is 5. The third kappa shape index (κ3) is 4.06. The van der Waals surface area contributed by atoms with Crippen LogP contribution in [0.5, 0.6) is 5.75 Å². The molecule has 0 saturated carbocycles. The molecule has 3 nitrogen and oxygen atoms in total. The van der Waals surface area contributed by atoms with Gasteiger partial charge in [-0.1, -0.05) is 6.92 Å². The van der Waals surface area contributed by atoms with Gasteiger partial charge in [0.2, 0.25) is 0 Å². The van der Waals surface area contributed by atoms with Gasteiger partial charge in [0.25, 0.3) is 0 Å². The minimum absolute atomic E-state index is 0.160. The number of hydrogen-bond donors (Lipinski definition) is 0. The molecule has 0 aliphatic carbocycles. The fourth-order valence-electron chi connectivity index (χ4n) is 1.24. The molecule has 0 atom stereocenters. The van der Waals surface area contributed by atoms with Crippen molar-refractivity contribution in [3.8, 4) is 5.75 Å². The van der Waals surface area contributed by atoms with Gasteiger partial charge in [-0.2, -0.15) is 0 Å². The molecule has 0 aliphatic rings. The van der Waals surface area contributed by atoms with Crippen molar-refractivity contribution in [1.82, 2.24) is 0 Å². The summed E-state index contributed by atoms with van der Waals surface area (Å²) in [7, 11) is 0. The highest BCUT2D eigenvalue weighted by Crippen LogP contribution is 2.19. The maximum atomic E-state index is 13.5. The van der Waals surface area contributed by atoms with Crippen molar-refractivity contribution in [2.75, 3.05) is 6.61 Å². The molecule has 0 N–H and O–H groups in total. The molecule has 0 saturated heterocycles. The Bertz CT molecular complexity index is 388. The third-order valence-corrected chi connectivity index (χ3v) is 1.97. The number of halogens is 1. The van der Waals surface area contributed by atoms with E-state index in [9.17, 15) is 9.18 Å². The van der Waals surface area contributed by atoms with Crippen molar-refractivity contribution in [2.24, 2.45) is 0 Å². The van der Waals surface area contributed by atoms with Gasteiger partial charge in [-0.3, -0.25) is 0 Å². The molecule has 94 valence electrons. The minimum atomic E-state index is -0.545. The van der Waals surface area contributed by atoms with E-state index in [1.54, 1.807) is 13.8 Å². The smallest absolute Gasteiger partial charge is 0.338 e. The molecule has 0 unspecified atom stereocenters. The number of benzene rings is 1. The lowest BCUT2D eigenvalue weighted by Crippen LogP contribution is -2.12. The summed E-state index contributed by atoms with van der Waals surface area (Å²) in [5, 5.41) is 0. The maximum Gasteiger partial charge on any atom is 0.338 e. The van der Waals surface area contributed by atoms with Crippen LogP contribution in [0.2, 0.25) is 0 Å². The predicted octanol–water partition coefficient (Wildman–Crippen LogP) is 3.18. The van der Waals surface area contributed by atoms with Crippen molar-refractivity contribution in [1.29, 1.82) is 0 Å². The lowest BCUT2D eigenvalue weighted by atomic mass is 10.2. The summed E-state index contributed by atoms with van der Waals surface area (Å²) in [6, 6.07) is 4.08. The van der Waals surface area contributed by atoms with E-state index >= 15 is 0 Å². The maximum absolute atomic E-state index is 13.5. The molecule has 0 spiro atoms. The molecule has 1 rings (SSSR count). The summed E-state index contributed by atoms with van der Waals surface area (Å²) in [6.07, 6.45) is 0.581. The summed E-state index contributed by atoms with van der Waals surface area (Å²) in [5.74, 6) is -0.912. The first-order valence-corrected chi connectivity index (χ1v) is 5.68. The number of carbonyl (C=O) groups excluding carboxylic acids is 1. The van der Waals surface area contributed by atoms with Gasteiger partial charge in [0, 0.05) is 0 Å². The Morgan fingerprint density at radius 1 is 1.41 bits per heavy atom. The monoisotopic (exact) mass is 240 g/mol. The van der Waals surface area contributed by atoms with Crippen molar-refractivity contribution in [2.45, 2.75) is 33.3 Å². The van der Waals surface area contributed by atoms with Crippen LogP contribution in [0.15, 0.2) is 18.2 Å². The molecular formula is C13H17FO3. The van der Waals surface area contributed by atoms with E-state index < -0.39 is 11.8 Å². The van der Waals surface area contributed by atoms with Gasteiger partial charge in [-0.15, -0.1) is 0 Å². The first-order valence-electron chi connectivity index (χ1n) is 5.68. The zero-order chi connectivity index (χ0) is 12.8. The van der Waals surface area contributed by atoms with Crippen molar-refractivity contribution >= 4 is 5.97 Å². The molecule has 4 heteroatoms. The highest BCUT2D eigenvalue weighted by atomic mass is 19.1. The summed E-state index contributed by atoms with van der Waals surface area (Å²) in [4.78, 5) is 11.5. The fourth-order valence-corrected chi connectivity index (χ4v) is 1.24. The minimum Gasteiger partial charge on any atom is -0.491 e. The van der Waals surface area contributed by atoms with E-state index in [0.717, 1.165) is 12.5 Å². The van der Waals surface area contributed by atoms with Crippen molar-refractivity contribution in [3.05, 3.63) is 29.6 Å². The molecule has 0 aromatic heterocycles. The second-order valence-electron chi connectivity index (χ2n) is 3.95. The van der Waals surface area contributed by atoms with Crippen molar-refractivity contribution < 1.29 is 18.7 Å². The molecule has 0 amide bonds. The van der Waals surface area contributed by atoms with Crippen LogP contribution in [0.3, 0.4) is 0 Å². The number of ether oxygens (including phenoxy) is 2. The summed E-state index contributed by atoms with van der Waals surface area (Å²) >= 11 is 0. The van der Waals surface area contributed by atoms with Crippen LogP contribution < -0.4 is 4.74 Å². The largest absolute Gasteiger partial charge is 0.491 e. The number of esters is 1. The van der Waals surface area contributed by atoms with Crippen LogP contribution in [-0.4, -0.2) is 18.7 Å². The van der Waals surface area contributed by atoms with Gasteiger partial charge in [-0.25, -0.2) is 9.18 Å². The number of hydrogen-bond acceptors (Lipinski definition) is 3. The van der Waals surface area contributed by atoms with E-state index in [2.05, 4.69) is 0 Å². The molecule has 0 aliphatic heterocycles. The van der Waals surface area contributed by atoms with Gasteiger partial charge < -0.3 is 9.47 Å². The molecule has 0 radical (unpaired) electrons. The van der Waals surface area contributed by atoms with Crippen LogP contribution in [0.4, 0.5) is 4.39 Å². The average Bonchev–Trinajstić information content (AvgIpc) is 2.26. The molecule has 1 aromatic carbocycles. The lowest BCUT2D eigenvalue weighted by molar-refractivity contribution is 0.0377. The van der Waals surface area contributed by atoms with E-state index in [1.807, 2.05) is 6.92 Å². The average molecular weight is 240 g/mol. The highest BCUT2D eigenvalue weighted by molar-refractivity contribution is 5.89. The van der Waals surface area contributed by atoms with Crippen molar-refractivity contribution in [3.63, 3.8) is 0 Å². The number of carbonyl (C=O) groups is 1. The Hall–Kier alpha value is -1.58. The molecule has 0 fully saturated rings. The molecular weight excluding hydrogens is 223 g/mol. The SMILES string of the molecule is CCCOc1ccc(C(=O)OC(C)C)cc1F. The van der Waals surface area contributed by atoms with E-state index in [4.69, 9.17) is 9.47 Å². The normalized spacial score (nSPS) is 10.4. The highest BCUT2D eigenvalue weighted by Gasteiger charge is 2.12. The third-order valence-electron chi connectivity index (χ3n) is 1.97. The molecule has 0 bridgehead atoms. The van der Waals surface area contributed by atoms with Gasteiger partial charge in [0.05, 0.1) is 18.3 Å². The standard InChI is InChI=1S/C13H17FO3/c1-4-7-16-12-6-5-10(8-11(12)14)13(15)17-9(2)3/h5-6,8-9H,4,7H2,1-3H3. The fraction of sp³-hybridized carbons (Fsp3) is 0.462. The van der Waals surface area contributed by atoms with Gasteiger partial charge in [0.1, 0.15) is 0 Å². The van der Waals surface area contributed by atoms with Gasteiger partial charge >= 0.3 is 5.97 Å². The summed E-state index contributed by atoms with van der Waals surface area (Å²) in [6.45, 7) is 5.87. The first kappa shape index (κ1) is 13.5. The van der Waals surface area contributed by atoms with Crippen LogP contribution >= 0.6 is 0 Å². The van der Waals surface area contributed by atoms with Gasteiger partial charge in [0.15, 0.2) is 11.6 Å². The Labute approximate surface area is 101 Å². The zero-order valence-corrected chi connectivity index (χ0v) is 10.3. The lowest BCUT2D eigenvalue weighted by Gasteiger charge is -2.09. The Kier molecular flexibility index (Phi) is 4.94. The van der Waals surface area contributed by atoms with Crippen LogP contribution in [0.25, 0.3) is 0 Å². The summed E-state index contributed by atoms with van der Waals surface area (Å²) in [5.41, 5.74) is 0.194. The van der Waals surface area contributed by atoms with E-state index in [1.165, 1.54) is 12.1 Å². The Morgan fingerprint density at radius 3 is 2.65 bits per heavy atom. The van der Waals surface area contributed by atoms with E-state index in [0.29, 0.717) is 6.61 Å². The Balaban J connectivity index is 2.77. The zero-order valence-electron chi connectivity index (χ0n) is 10.3. The second kappa shape index (κ2) is 6.23.